The molecule has 0 fully saturated rings. The predicted octanol–water partition coefficient (Wildman–Crippen LogP) is 4.00. The Labute approximate surface area is 152 Å². The van der Waals surface area contributed by atoms with Gasteiger partial charge in [-0.3, -0.25) is 19.3 Å². The van der Waals surface area contributed by atoms with Crippen LogP contribution in [0.5, 0.6) is 5.88 Å². The van der Waals surface area contributed by atoms with Crippen LogP contribution in [0, 0.1) is 10.6 Å². The minimum absolute atomic E-state index is 0.0155. The lowest BCUT2D eigenvalue weighted by atomic mass is 10.1. The summed E-state index contributed by atoms with van der Waals surface area (Å²) < 4.78 is 14.5. The average molecular weight is 365 g/mol. The number of nitrogens with zero attached hydrogens (tertiary/aromatic N) is 2. The molecule has 0 bridgehead atoms. The summed E-state index contributed by atoms with van der Waals surface area (Å²) >= 11 is 5.15. The van der Waals surface area contributed by atoms with Crippen LogP contribution in [0.25, 0.3) is 17.3 Å². The minimum atomic E-state index is -0.517. The summed E-state index contributed by atoms with van der Waals surface area (Å²) in [6.07, 6.45) is 3.19. The number of hydrogen-bond donors (Lipinski definition) is 2. The molecule has 0 radical (unpaired) electrons. The fourth-order valence-corrected chi connectivity index (χ4v) is 3.09. The average Bonchev–Trinajstić information content (AvgIpc) is 3.03. The number of aromatic nitrogens is 2. The maximum absolute atomic E-state index is 13.2. The molecule has 2 heterocycles. The Kier molecular flexibility index (Phi) is 3.85. The zero-order valence-electron chi connectivity index (χ0n) is 13.3. The van der Waals surface area contributed by atoms with E-state index in [0.717, 1.165) is 11.3 Å². The van der Waals surface area contributed by atoms with Crippen molar-refractivity contribution in [1.29, 1.82) is 0 Å². The Bertz CT molecular complexity index is 1190. The largest absolute Gasteiger partial charge is 0.494 e. The molecule has 3 aromatic rings. The number of nitrogens with one attached hydrogen (secondary N) is 1. The summed E-state index contributed by atoms with van der Waals surface area (Å²) in [6.45, 7) is 0. The highest BCUT2D eigenvalue weighted by Gasteiger charge is 2.16. The van der Waals surface area contributed by atoms with Crippen LogP contribution in [0.15, 0.2) is 58.3 Å². The van der Waals surface area contributed by atoms with Crippen molar-refractivity contribution >= 4 is 35.8 Å². The molecule has 0 saturated heterocycles. The molecular formula is C19H12FN3O2S. The van der Waals surface area contributed by atoms with Gasteiger partial charge in [0.2, 0.25) is 5.88 Å². The fourth-order valence-electron chi connectivity index (χ4n) is 2.81. The van der Waals surface area contributed by atoms with Crippen LogP contribution in [0.1, 0.15) is 11.1 Å². The molecule has 0 aliphatic carbocycles. The van der Waals surface area contributed by atoms with Gasteiger partial charge in [-0.15, -0.1) is 0 Å². The lowest BCUT2D eigenvalue weighted by Crippen LogP contribution is -2.16. The molecule has 128 valence electrons. The third kappa shape index (κ3) is 2.68. The van der Waals surface area contributed by atoms with E-state index in [0.29, 0.717) is 11.3 Å². The van der Waals surface area contributed by atoms with Crippen LogP contribution in [0.2, 0.25) is 0 Å². The van der Waals surface area contributed by atoms with Crippen molar-refractivity contribution < 1.29 is 9.50 Å². The summed E-state index contributed by atoms with van der Waals surface area (Å²) in [5.41, 5.74) is 2.31. The Morgan fingerprint density at radius 3 is 2.65 bits per heavy atom. The first-order valence-electron chi connectivity index (χ1n) is 7.74. The molecule has 2 aromatic carbocycles. The van der Waals surface area contributed by atoms with Crippen LogP contribution in [0.3, 0.4) is 0 Å². The molecule has 1 aromatic heterocycles. The number of para-hydroxylation sites is 1. The quantitative estimate of drug-likeness (QED) is 0.675. The smallest absolute Gasteiger partial charge is 0.262 e. The second-order valence-corrected chi connectivity index (χ2v) is 6.07. The predicted molar refractivity (Wildman–Crippen MR) is 101 cm³/mol. The van der Waals surface area contributed by atoms with Crippen LogP contribution in [-0.2, 0) is 0 Å². The number of aliphatic imine (C=N–C) groups is 1. The number of fused-ring (bicyclic) bond motifs is 1. The molecule has 0 unspecified atom stereocenters. The van der Waals surface area contributed by atoms with Gasteiger partial charge in [-0.2, -0.15) is 0 Å². The lowest BCUT2D eigenvalue weighted by Gasteiger charge is -2.11. The number of rotatable bonds is 2. The van der Waals surface area contributed by atoms with Gasteiger partial charge in [0.1, 0.15) is 11.4 Å². The van der Waals surface area contributed by atoms with Gasteiger partial charge >= 0.3 is 0 Å². The third-order valence-electron chi connectivity index (χ3n) is 4.06. The maximum atomic E-state index is 13.2. The van der Waals surface area contributed by atoms with Crippen LogP contribution >= 0.6 is 12.2 Å². The Morgan fingerprint density at radius 1 is 1.15 bits per heavy atom. The molecule has 5 nitrogen and oxygen atoms in total. The van der Waals surface area contributed by atoms with Crippen molar-refractivity contribution in [1.82, 2.24) is 9.55 Å². The number of H-pyrrole nitrogens is 1. The van der Waals surface area contributed by atoms with E-state index in [1.54, 1.807) is 12.3 Å². The van der Waals surface area contributed by atoms with Crippen LogP contribution in [0.4, 0.5) is 10.1 Å². The summed E-state index contributed by atoms with van der Waals surface area (Å²) in [7, 11) is 0. The molecule has 1 aliphatic rings. The van der Waals surface area contributed by atoms with Gasteiger partial charge in [0.25, 0.3) is 5.56 Å². The van der Waals surface area contributed by atoms with E-state index >= 15 is 0 Å². The van der Waals surface area contributed by atoms with Gasteiger partial charge in [0, 0.05) is 17.4 Å². The maximum Gasteiger partial charge on any atom is 0.262 e. The van der Waals surface area contributed by atoms with E-state index in [2.05, 4.69) is 9.98 Å². The Balaban J connectivity index is 1.91. The number of benzene rings is 2. The van der Waals surface area contributed by atoms with Gasteiger partial charge < -0.3 is 5.11 Å². The topological polar surface area (TPSA) is 70.4 Å². The molecule has 4 rings (SSSR count). The Hall–Kier alpha value is -3.32. The number of allylic oxidation sites excluding steroid dienone is 1. The van der Waals surface area contributed by atoms with Crippen LogP contribution in [-0.4, -0.2) is 20.9 Å². The van der Waals surface area contributed by atoms with Crippen molar-refractivity contribution in [2.75, 3.05) is 0 Å². The van der Waals surface area contributed by atoms with E-state index in [-0.39, 0.29) is 16.2 Å². The van der Waals surface area contributed by atoms with Crippen molar-refractivity contribution in [3.05, 3.63) is 80.6 Å². The van der Waals surface area contributed by atoms with E-state index in [1.165, 1.54) is 28.8 Å². The van der Waals surface area contributed by atoms with E-state index in [9.17, 15) is 14.3 Å². The second kappa shape index (κ2) is 6.20. The molecule has 0 atom stereocenters. The first-order valence-corrected chi connectivity index (χ1v) is 8.15. The highest BCUT2D eigenvalue weighted by Crippen LogP contribution is 2.33. The first kappa shape index (κ1) is 16.2. The van der Waals surface area contributed by atoms with Gasteiger partial charge in [-0.25, -0.2) is 4.39 Å². The lowest BCUT2D eigenvalue weighted by molar-refractivity contribution is 0.432. The molecule has 2 N–H and O–H groups in total. The van der Waals surface area contributed by atoms with Gasteiger partial charge in [0.15, 0.2) is 4.77 Å². The highest BCUT2D eigenvalue weighted by molar-refractivity contribution is 7.71. The summed E-state index contributed by atoms with van der Waals surface area (Å²) in [5.74, 6) is -0.735. The summed E-state index contributed by atoms with van der Waals surface area (Å²) in [4.78, 5) is 19.2. The number of aromatic amines is 1. The summed E-state index contributed by atoms with van der Waals surface area (Å²) in [5, 5.41) is 10.7. The van der Waals surface area contributed by atoms with Gasteiger partial charge in [0.05, 0.1) is 11.4 Å². The standard InChI is InChI=1S/C19H12FN3O2S/c20-12-5-7-13(8-6-12)23-18(25)15(17(24)22-19(23)26)9-11-10-21-16-4-2-1-3-14(11)16/h1-10,25H,(H,22,24,26)/b11-9-. The second-order valence-electron chi connectivity index (χ2n) is 5.68. The van der Waals surface area contributed by atoms with Crippen molar-refractivity contribution in [3.63, 3.8) is 0 Å². The fraction of sp³-hybridized carbons (Fsp3) is 0. The molecule has 7 heteroatoms. The molecule has 0 saturated carbocycles. The van der Waals surface area contributed by atoms with Crippen molar-refractivity contribution in [2.24, 2.45) is 4.99 Å². The third-order valence-corrected chi connectivity index (χ3v) is 4.35. The normalized spacial score (nSPS) is 14.0. The van der Waals surface area contributed by atoms with Crippen LogP contribution < -0.4 is 5.56 Å². The highest BCUT2D eigenvalue weighted by atomic mass is 32.1. The molecular weight excluding hydrogens is 353 g/mol. The van der Waals surface area contributed by atoms with Crippen molar-refractivity contribution in [3.8, 4) is 11.6 Å². The van der Waals surface area contributed by atoms with Crippen molar-refractivity contribution in [2.45, 2.75) is 0 Å². The minimum Gasteiger partial charge on any atom is -0.494 e. The number of hydrogen-bond acceptors (Lipinski definition) is 4. The first-order chi connectivity index (χ1) is 12.5. The van der Waals surface area contributed by atoms with E-state index in [4.69, 9.17) is 12.2 Å². The van der Waals surface area contributed by atoms with E-state index in [1.807, 2.05) is 24.3 Å². The van der Waals surface area contributed by atoms with Gasteiger partial charge in [-0.1, -0.05) is 18.2 Å². The van der Waals surface area contributed by atoms with Gasteiger partial charge in [-0.05, 0) is 48.6 Å². The molecule has 0 spiro atoms. The summed E-state index contributed by atoms with van der Waals surface area (Å²) in [6, 6.07) is 12.9. The number of halogens is 1. The monoisotopic (exact) mass is 365 g/mol. The SMILES string of the molecule is O=c1[nH]c(=S)n(-c2ccc(F)cc2)c(O)c1/C=C1/C=Nc2ccccc21. The van der Waals surface area contributed by atoms with E-state index < -0.39 is 11.4 Å². The number of aromatic hydroxyl groups is 1. The molecule has 26 heavy (non-hydrogen) atoms. The Morgan fingerprint density at radius 2 is 1.88 bits per heavy atom. The zero-order chi connectivity index (χ0) is 18.3. The zero-order valence-corrected chi connectivity index (χ0v) is 14.1. The molecule has 0 amide bonds. The molecule has 1 aliphatic heterocycles.